The van der Waals surface area contributed by atoms with Gasteiger partial charge in [0.15, 0.2) is 0 Å². The quantitative estimate of drug-likeness (QED) is 0.787. The first-order chi connectivity index (χ1) is 6.97. The fourth-order valence-corrected chi connectivity index (χ4v) is 1.23. The average Bonchev–Trinajstić information content (AvgIpc) is 2.17. The molecule has 1 aromatic carbocycles. The molecule has 84 valence electrons. The highest BCUT2D eigenvalue weighted by Gasteiger charge is 2.25. The van der Waals surface area contributed by atoms with Crippen LogP contribution in [0.15, 0.2) is 24.3 Å². The van der Waals surface area contributed by atoms with Crippen molar-refractivity contribution in [2.75, 3.05) is 0 Å². The molecule has 0 aliphatic rings. The minimum absolute atomic E-state index is 0.0722. The first kappa shape index (κ1) is 11.9. The van der Waals surface area contributed by atoms with Gasteiger partial charge in [-0.2, -0.15) is 8.78 Å². The summed E-state index contributed by atoms with van der Waals surface area (Å²) in [4.78, 5) is 4.72. The van der Waals surface area contributed by atoms with E-state index in [1.54, 1.807) is 32.0 Å². The SMILES string of the molecule is CC(C)(ON)c1ccccc1OC(F)F. The number of rotatable bonds is 4. The number of hydrogen-bond donors (Lipinski definition) is 1. The van der Waals surface area contributed by atoms with Crippen LogP contribution in [0.2, 0.25) is 0 Å². The summed E-state index contributed by atoms with van der Waals surface area (Å²) >= 11 is 0. The Morgan fingerprint density at radius 1 is 1.27 bits per heavy atom. The van der Waals surface area contributed by atoms with Crippen LogP contribution < -0.4 is 10.6 Å². The van der Waals surface area contributed by atoms with Crippen LogP contribution in [0.4, 0.5) is 8.78 Å². The number of para-hydroxylation sites is 1. The maximum atomic E-state index is 12.1. The molecule has 0 saturated carbocycles. The first-order valence-electron chi connectivity index (χ1n) is 4.39. The molecule has 0 aromatic heterocycles. The predicted octanol–water partition coefficient (Wildman–Crippen LogP) is 2.41. The molecule has 0 radical (unpaired) electrons. The van der Waals surface area contributed by atoms with Crippen molar-refractivity contribution in [2.45, 2.75) is 26.1 Å². The summed E-state index contributed by atoms with van der Waals surface area (Å²) in [5, 5.41) is 0. The summed E-state index contributed by atoms with van der Waals surface area (Å²) in [6.45, 7) is 0.473. The van der Waals surface area contributed by atoms with Crippen molar-refractivity contribution in [3.63, 3.8) is 0 Å². The molecule has 2 N–H and O–H groups in total. The van der Waals surface area contributed by atoms with Crippen LogP contribution in [-0.2, 0) is 10.4 Å². The summed E-state index contributed by atoms with van der Waals surface area (Å²) in [6.07, 6.45) is 0. The van der Waals surface area contributed by atoms with E-state index in [4.69, 9.17) is 10.7 Å². The van der Waals surface area contributed by atoms with Gasteiger partial charge in [0.1, 0.15) is 11.4 Å². The van der Waals surface area contributed by atoms with Crippen LogP contribution in [0.3, 0.4) is 0 Å². The van der Waals surface area contributed by atoms with E-state index >= 15 is 0 Å². The van der Waals surface area contributed by atoms with Crippen molar-refractivity contribution in [3.8, 4) is 5.75 Å². The molecule has 1 rings (SSSR count). The van der Waals surface area contributed by atoms with Gasteiger partial charge in [0.25, 0.3) is 0 Å². The minimum Gasteiger partial charge on any atom is -0.434 e. The molecule has 5 heteroatoms. The van der Waals surface area contributed by atoms with E-state index < -0.39 is 12.2 Å². The number of nitrogens with two attached hydrogens (primary N) is 1. The summed E-state index contributed by atoms with van der Waals surface area (Å²) in [5.74, 6) is 5.17. The van der Waals surface area contributed by atoms with Crippen LogP contribution in [-0.4, -0.2) is 6.61 Å². The highest BCUT2D eigenvalue weighted by atomic mass is 19.3. The third-order valence-corrected chi connectivity index (χ3v) is 2.05. The van der Waals surface area contributed by atoms with E-state index in [2.05, 4.69) is 4.74 Å². The van der Waals surface area contributed by atoms with E-state index in [9.17, 15) is 8.78 Å². The topological polar surface area (TPSA) is 44.5 Å². The van der Waals surface area contributed by atoms with Crippen LogP contribution in [0, 0.1) is 0 Å². The largest absolute Gasteiger partial charge is 0.434 e. The van der Waals surface area contributed by atoms with Gasteiger partial charge in [-0.05, 0) is 19.9 Å². The van der Waals surface area contributed by atoms with Gasteiger partial charge in [-0.25, -0.2) is 5.90 Å². The summed E-state index contributed by atoms with van der Waals surface area (Å²) < 4.78 is 28.6. The Hall–Kier alpha value is -1.20. The van der Waals surface area contributed by atoms with E-state index in [-0.39, 0.29) is 5.75 Å². The highest BCUT2D eigenvalue weighted by molar-refractivity contribution is 5.37. The van der Waals surface area contributed by atoms with Crippen LogP contribution in [0.25, 0.3) is 0 Å². The van der Waals surface area contributed by atoms with Crippen LogP contribution in [0.5, 0.6) is 5.75 Å². The fourth-order valence-electron chi connectivity index (χ4n) is 1.23. The molecular weight excluding hydrogens is 204 g/mol. The van der Waals surface area contributed by atoms with E-state index in [0.717, 1.165) is 0 Å². The minimum atomic E-state index is -2.86. The molecule has 0 aliphatic carbocycles. The zero-order chi connectivity index (χ0) is 11.5. The number of hydrogen-bond acceptors (Lipinski definition) is 3. The monoisotopic (exact) mass is 217 g/mol. The zero-order valence-electron chi connectivity index (χ0n) is 8.54. The van der Waals surface area contributed by atoms with Gasteiger partial charge in [-0.3, -0.25) is 4.84 Å². The zero-order valence-corrected chi connectivity index (χ0v) is 8.54. The van der Waals surface area contributed by atoms with Gasteiger partial charge in [0, 0.05) is 5.56 Å². The maximum absolute atomic E-state index is 12.1. The predicted molar refractivity (Wildman–Crippen MR) is 51.4 cm³/mol. The maximum Gasteiger partial charge on any atom is 0.387 e. The summed E-state index contributed by atoms with van der Waals surface area (Å²) in [7, 11) is 0. The second-order valence-corrected chi connectivity index (χ2v) is 3.50. The number of ether oxygens (including phenoxy) is 1. The van der Waals surface area contributed by atoms with Crippen molar-refractivity contribution >= 4 is 0 Å². The molecule has 0 aliphatic heterocycles. The summed E-state index contributed by atoms with van der Waals surface area (Å²) in [6, 6.07) is 6.38. The molecule has 0 atom stereocenters. The lowest BCUT2D eigenvalue weighted by Gasteiger charge is -2.24. The normalized spacial score (nSPS) is 11.9. The Labute approximate surface area is 86.7 Å². The van der Waals surface area contributed by atoms with Crippen molar-refractivity contribution < 1.29 is 18.4 Å². The Bertz CT molecular complexity index is 329. The van der Waals surface area contributed by atoms with E-state index in [0.29, 0.717) is 5.56 Å². The molecule has 0 spiro atoms. The Balaban J connectivity index is 3.06. The second-order valence-electron chi connectivity index (χ2n) is 3.50. The van der Waals surface area contributed by atoms with E-state index in [1.807, 2.05) is 0 Å². The number of alkyl halides is 2. The number of benzene rings is 1. The molecule has 3 nitrogen and oxygen atoms in total. The molecule has 0 unspecified atom stereocenters. The first-order valence-corrected chi connectivity index (χ1v) is 4.39. The fraction of sp³-hybridized carbons (Fsp3) is 0.400. The smallest absolute Gasteiger partial charge is 0.387 e. The standard InChI is InChI=1S/C10H13F2NO2/c1-10(2,15-13)7-5-3-4-6-8(7)14-9(11)12/h3-6,9H,13H2,1-2H3. The molecule has 0 heterocycles. The van der Waals surface area contributed by atoms with Gasteiger partial charge in [0.2, 0.25) is 0 Å². The van der Waals surface area contributed by atoms with Crippen molar-refractivity contribution in [2.24, 2.45) is 5.90 Å². The molecule has 15 heavy (non-hydrogen) atoms. The highest BCUT2D eigenvalue weighted by Crippen LogP contribution is 2.32. The lowest BCUT2D eigenvalue weighted by atomic mass is 9.97. The molecule has 0 fully saturated rings. The van der Waals surface area contributed by atoms with Gasteiger partial charge in [-0.15, -0.1) is 0 Å². The molecule has 1 aromatic rings. The Morgan fingerprint density at radius 2 is 1.87 bits per heavy atom. The second kappa shape index (κ2) is 4.55. The van der Waals surface area contributed by atoms with Crippen molar-refractivity contribution in [3.05, 3.63) is 29.8 Å². The third kappa shape index (κ3) is 2.87. The Morgan fingerprint density at radius 3 is 2.40 bits per heavy atom. The van der Waals surface area contributed by atoms with E-state index in [1.165, 1.54) is 6.07 Å². The Kier molecular flexibility index (Phi) is 3.60. The van der Waals surface area contributed by atoms with Gasteiger partial charge in [0.05, 0.1) is 0 Å². The lowest BCUT2D eigenvalue weighted by Crippen LogP contribution is -2.26. The lowest BCUT2D eigenvalue weighted by molar-refractivity contribution is -0.0595. The third-order valence-electron chi connectivity index (χ3n) is 2.05. The van der Waals surface area contributed by atoms with Crippen molar-refractivity contribution in [1.82, 2.24) is 0 Å². The number of halogens is 2. The van der Waals surface area contributed by atoms with Crippen molar-refractivity contribution in [1.29, 1.82) is 0 Å². The van der Waals surface area contributed by atoms with Crippen LogP contribution in [0.1, 0.15) is 19.4 Å². The molecule has 0 amide bonds. The average molecular weight is 217 g/mol. The molecular formula is C10H13F2NO2. The summed E-state index contributed by atoms with van der Waals surface area (Å²) in [5.41, 5.74) is -0.390. The van der Waals surface area contributed by atoms with Gasteiger partial charge >= 0.3 is 6.61 Å². The van der Waals surface area contributed by atoms with Gasteiger partial charge < -0.3 is 4.74 Å². The van der Waals surface area contributed by atoms with Crippen LogP contribution >= 0.6 is 0 Å². The molecule has 0 bridgehead atoms. The van der Waals surface area contributed by atoms with Gasteiger partial charge in [-0.1, -0.05) is 18.2 Å². The molecule has 0 saturated heterocycles.